The molecule has 7 nitrogen and oxygen atoms in total. The van der Waals surface area contributed by atoms with Crippen molar-refractivity contribution in [3.05, 3.63) is 51.7 Å². The molecule has 0 amide bonds. The first kappa shape index (κ1) is 16.5. The zero-order valence-corrected chi connectivity index (χ0v) is 14.5. The van der Waals surface area contributed by atoms with Crippen LogP contribution in [0.15, 0.2) is 23.0 Å². The highest BCUT2D eigenvalue weighted by Crippen LogP contribution is 2.23. The fourth-order valence-electron chi connectivity index (χ4n) is 3.39. The molecule has 1 aliphatic rings. The van der Waals surface area contributed by atoms with Gasteiger partial charge in [0, 0.05) is 32.2 Å². The number of aryl methyl sites for hydroxylation is 2. The number of benzene rings is 1. The van der Waals surface area contributed by atoms with Crippen molar-refractivity contribution in [2.24, 2.45) is 0 Å². The maximum absolute atomic E-state index is 14.0. The molecule has 4 rings (SSSR count). The molecule has 136 valence electrons. The number of hydrogen-bond donors (Lipinski definition) is 1. The number of nitrogens with zero attached hydrogens (tertiary/aromatic N) is 5. The molecular formula is C17H18F2N6O. The summed E-state index contributed by atoms with van der Waals surface area (Å²) < 4.78 is 28.4. The molecule has 1 saturated heterocycles. The summed E-state index contributed by atoms with van der Waals surface area (Å²) in [5.41, 5.74) is 1.31. The Morgan fingerprint density at radius 3 is 2.42 bits per heavy atom. The topological polar surface area (TPSA) is 69.5 Å². The summed E-state index contributed by atoms with van der Waals surface area (Å²) in [5, 5.41) is 2.89. The first-order valence-electron chi connectivity index (χ1n) is 8.35. The van der Waals surface area contributed by atoms with E-state index in [0.717, 1.165) is 6.07 Å². The molecule has 0 spiro atoms. The predicted octanol–water partition coefficient (Wildman–Crippen LogP) is 1.64. The minimum Gasteiger partial charge on any atom is -0.366 e. The van der Waals surface area contributed by atoms with Crippen LogP contribution in [0.4, 0.5) is 20.2 Å². The lowest BCUT2D eigenvalue weighted by atomic mass is 10.2. The van der Waals surface area contributed by atoms with E-state index in [4.69, 9.17) is 0 Å². The molecule has 0 bridgehead atoms. The number of hydrogen-bond acceptors (Lipinski definition) is 5. The van der Waals surface area contributed by atoms with E-state index in [1.807, 2.05) is 9.80 Å². The number of halogens is 2. The number of piperazine rings is 1. The van der Waals surface area contributed by atoms with Crippen molar-refractivity contribution in [2.75, 3.05) is 36.0 Å². The van der Waals surface area contributed by atoms with Gasteiger partial charge in [-0.05, 0) is 26.0 Å². The summed E-state index contributed by atoms with van der Waals surface area (Å²) in [7, 11) is 0. The van der Waals surface area contributed by atoms with Crippen molar-refractivity contribution in [1.29, 1.82) is 0 Å². The zero-order chi connectivity index (χ0) is 18.4. The lowest BCUT2D eigenvalue weighted by Gasteiger charge is -2.37. The van der Waals surface area contributed by atoms with Crippen LogP contribution in [-0.2, 0) is 0 Å². The molecule has 1 aromatic carbocycles. The Kier molecular flexibility index (Phi) is 3.86. The number of nitrogens with one attached hydrogen (secondary N) is 1. The molecule has 2 aromatic heterocycles. The summed E-state index contributed by atoms with van der Waals surface area (Å²) in [6.07, 6.45) is 0. The highest BCUT2D eigenvalue weighted by molar-refractivity contribution is 5.55. The third kappa shape index (κ3) is 2.69. The minimum atomic E-state index is -0.595. The molecule has 0 saturated carbocycles. The second kappa shape index (κ2) is 6.08. The van der Waals surface area contributed by atoms with Crippen LogP contribution in [0.1, 0.15) is 11.5 Å². The lowest BCUT2D eigenvalue weighted by molar-refractivity contribution is 0.570. The molecule has 0 radical (unpaired) electrons. The van der Waals surface area contributed by atoms with E-state index in [2.05, 4.69) is 15.1 Å². The van der Waals surface area contributed by atoms with Crippen molar-refractivity contribution in [1.82, 2.24) is 19.6 Å². The van der Waals surface area contributed by atoms with Crippen LogP contribution in [0.3, 0.4) is 0 Å². The number of fused-ring (bicyclic) bond motifs is 1. The molecule has 26 heavy (non-hydrogen) atoms. The molecule has 9 heteroatoms. The maximum Gasteiger partial charge on any atom is 0.297 e. The number of rotatable bonds is 2. The summed E-state index contributed by atoms with van der Waals surface area (Å²) in [4.78, 5) is 25.2. The lowest BCUT2D eigenvalue weighted by Crippen LogP contribution is -2.49. The number of aromatic nitrogens is 4. The van der Waals surface area contributed by atoms with E-state index in [9.17, 15) is 13.6 Å². The van der Waals surface area contributed by atoms with Crippen LogP contribution in [0.25, 0.3) is 5.78 Å². The maximum atomic E-state index is 14.0. The molecule has 1 aliphatic heterocycles. The van der Waals surface area contributed by atoms with Gasteiger partial charge in [0.1, 0.15) is 23.1 Å². The molecule has 1 N–H and O–H groups in total. The first-order chi connectivity index (χ1) is 12.4. The molecular weight excluding hydrogens is 342 g/mol. The van der Waals surface area contributed by atoms with Gasteiger partial charge in [-0.1, -0.05) is 0 Å². The Bertz CT molecular complexity index is 1040. The van der Waals surface area contributed by atoms with Gasteiger partial charge in [-0.2, -0.15) is 9.50 Å². The summed E-state index contributed by atoms with van der Waals surface area (Å²) in [6.45, 7) is 5.66. The van der Waals surface area contributed by atoms with Gasteiger partial charge in [0.2, 0.25) is 0 Å². The van der Waals surface area contributed by atoms with Crippen molar-refractivity contribution in [3.63, 3.8) is 0 Å². The van der Waals surface area contributed by atoms with Gasteiger partial charge in [0.15, 0.2) is 0 Å². The second-order valence-corrected chi connectivity index (χ2v) is 6.37. The van der Waals surface area contributed by atoms with Gasteiger partial charge in [-0.3, -0.25) is 9.89 Å². The van der Waals surface area contributed by atoms with Crippen LogP contribution >= 0.6 is 0 Å². The molecule has 0 aliphatic carbocycles. The first-order valence-corrected chi connectivity index (χ1v) is 8.35. The van der Waals surface area contributed by atoms with Gasteiger partial charge >= 0.3 is 0 Å². The predicted molar refractivity (Wildman–Crippen MR) is 93.9 cm³/mol. The van der Waals surface area contributed by atoms with Gasteiger partial charge in [-0.25, -0.2) is 13.8 Å². The second-order valence-electron chi connectivity index (χ2n) is 6.37. The van der Waals surface area contributed by atoms with E-state index >= 15 is 0 Å². The van der Waals surface area contributed by atoms with E-state index in [0.29, 0.717) is 54.8 Å². The van der Waals surface area contributed by atoms with E-state index in [1.54, 1.807) is 13.8 Å². The third-order valence-electron chi connectivity index (χ3n) is 4.60. The summed E-state index contributed by atoms with van der Waals surface area (Å²) >= 11 is 0. The molecule has 1 fully saturated rings. The van der Waals surface area contributed by atoms with Crippen molar-refractivity contribution >= 4 is 17.2 Å². The minimum absolute atomic E-state index is 0.200. The van der Waals surface area contributed by atoms with Crippen LogP contribution in [0.2, 0.25) is 0 Å². The van der Waals surface area contributed by atoms with Crippen LogP contribution in [0, 0.1) is 25.5 Å². The summed E-state index contributed by atoms with van der Waals surface area (Å²) in [5.74, 6) is -0.211. The monoisotopic (exact) mass is 360 g/mol. The van der Waals surface area contributed by atoms with E-state index in [-0.39, 0.29) is 5.56 Å². The van der Waals surface area contributed by atoms with Crippen LogP contribution in [0.5, 0.6) is 0 Å². The Morgan fingerprint density at radius 2 is 1.73 bits per heavy atom. The number of H-pyrrole nitrogens is 1. The van der Waals surface area contributed by atoms with Crippen LogP contribution < -0.4 is 15.4 Å². The SMILES string of the molecule is Cc1nc2nc(C)c(N3CCN(c4ccc(F)cc4F)CC3)c(=O)n2[nH]1. The Balaban J connectivity index is 1.60. The third-order valence-corrected chi connectivity index (χ3v) is 4.60. The Labute approximate surface area is 147 Å². The number of anilines is 2. The van der Waals surface area contributed by atoms with Crippen molar-refractivity contribution < 1.29 is 8.78 Å². The van der Waals surface area contributed by atoms with Gasteiger partial charge in [0.25, 0.3) is 11.3 Å². The Hall–Kier alpha value is -2.97. The van der Waals surface area contributed by atoms with Gasteiger partial charge in [-0.15, -0.1) is 0 Å². The largest absolute Gasteiger partial charge is 0.366 e. The molecule has 0 atom stereocenters. The molecule has 3 heterocycles. The van der Waals surface area contributed by atoms with Crippen molar-refractivity contribution in [3.8, 4) is 0 Å². The van der Waals surface area contributed by atoms with E-state index < -0.39 is 11.6 Å². The van der Waals surface area contributed by atoms with Crippen LogP contribution in [-0.4, -0.2) is 45.8 Å². The highest BCUT2D eigenvalue weighted by atomic mass is 19.1. The number of aromatic amines is 1. The van der Waals surface area contributed by atoms with Gasteiger partial charge in [0.05, 0.1) is 11.4 Å². The quantitative estimate of drug-likeness (QED) is 0.752. The highest BCUT2D eigenvalue weighted by Gasteiger charge is 2.24. The van der Waals surface area contributed by atoms with Crippen molar-refractivity contribution in [2.45, 2.75) is 13.8 Å². The fourth-order valence-corrected chi connectivity index (χ4v) is 3.39. The van der Waals surface area contributed by atoms with E-state index in [1.165, 1.54) is 16.6 Å². The van der Waals surface area contributed by atoms with Gasteiger partial charge < -0.3 is 9.80 Å². The average molecular weight is 360 g/mol. The summed E-state index contributed by atoms with van der Waals surface area (Å²) in [6, 6.07) is 3.58. The zero-order valence-electron chi connectivity index (χ0n) is 14.5. The standard InChI is InChI=1S/C17H18F2N6O/c1-10-15(16(26)25-17(20-10)21-11(2)22-25)24-7-5-23(6-8-24)14-4-3-12(18)9-13(14)19/h3-4,9H,5-8H2,1-2H3,(H,20,21,22). The smallest absolute Gasteiger partial charge is 0.297 e. The molecule has 0 unspecified atom stereocenters. The Morgan fingerprint density at radius 1 is 1.04 bits per heavy atom. The molecule has 3 aromatic rings. The fraction of sp³-hybridized carbons (Fsp3) is 0.353. The normalized spacial score (nSPS) is 15.1. The average Bonchev–Trinajstić information content (AvgIpc) is 2.96.